The zero-order valence-electron chi connectivity index (χ0n) is 11.7. The van der Waals surface area contributed by atoms with Crippen LogP contribution in [-0.4, -0.2) is 45.2 Å². The second-order valence-electron chi connectivity index (χ2n) is 4.47. The molecule has 1 aromatic carbocycles. The summed E-state index contributed by atoms with van der Waals surface area (Å²) in [6, 6.07) is 3.77. The van der Waals surface area contributed by atoms with Gasteiger partial charge >= 0.3 is 5.97 Å². The fourth-order valence-corrected chi connectivity index (χ4v) is 2.44. The number of carbonyl (C=O) groups excluding carboxylic acids is 1. The van der Waals surface area contributed by atoms with E-state index in [1.165, 1.54) is 12.3 Å². The van der Waals surface area contributed by atoms with Gasteiger partial charge in [0.25, 0.3) is 16.0 Å². The first-order valence-corrected chi connectivity index (χ1v) is 7.58. The normalized spacial score (nSPS) is 11.0. The first-order chi connectivity index (χ1) is 11.1. The van der Waals surface area contributed by atoms with Gasteiger partial charge in [-0.2, -0.15) is 8.42 Å². The molecule has 0 saturated heterocycles. The lowest BCUT2D eigenvalue weighted by Crippen LogP contribution is -2.17. The number of rotatable bonds is 4. The van der Waals surface area contributed by atoms with Crippen molar-refractivity contribution in [3.05, 3.63) is 41.6 Å². The van der Waals surface area contributed by atoms with Crippen LogP contribution < -0.4 is 5.32 Å². The number of phenolic OH excluding ortho intramolecular Hbond substituents is 2. The monoisotopic (exact) mass is 354 g/mol. The SMILES string of the molecule is O=C(O)c1cccnc1NC(=O)c1cc(O)cc(S(=O)(=O)O)c1O. The smallest absolute Gasteiger partial charge is 0.339 e. The van der Waals surface area contributed by atoms with Gasteiger partial charge in [0.2, 0.25) is 0 Å². The molecule has 0 bridgehead atoms. The predicted molar refractivity (Wildman–Crippen MR) is 78.7 cm³/mol. The fourth-order valence-electron chi connectivity index (χ4n) is 1.82. The van der Waals surface area contributed by atoms with E-state index in [9.17, 15) is 28.2 Å². The maximum atomic E-state index is 12.1. The molecule has 2 aromatic rings. The summed E-state index contributed by atoms with van der Waals surface area (Å²) in [7, 11) is -4.91. The Morgan fingerprint density at radius 3 is 2.38 bits per heavy atom. The highest BCUT2D eigenvalue weighted by Gasteiger charge is 2.24. The molecule has 2 rings (SSSR count). The molecule has 0 aliphatic rings. The Morgan fingerprint density at radius 2 is 1.79 bits per heavy atom. The lowest BCUT2D eigenvalue weighted by molar-refractivity contribution is 0.0697. The molecule has 0 aliphatic carbocycles. The third kappa shape index (κ3) is 3.42. The van der Waals surface area contributed by atoms with E-state index in [0.717, 1.165) is 12.1 Å². The maximum Gasteiger partial charge on any atom is 0.339 e. The zero-order chi connectivity index (χ0) is 18.1. The molecule has 126 valence electrons. The van der Waals surface area contributed by atoms with Gasteiger partial charge in [-0.1, -0.05) is 0 Å². The number of carbonyl (C=O) groups is 2. The summed E-state index contributed by atoms with van der Waals surface area (Å²) in [6.07, 6.45) is 1.20. The van der Waals surface area contributed by atoms with Crippen LogP contribution in [0.3, 0.4) is 0 Å². The molecule has 11 heteroatoms. The van der Waals surface area contributed by atoms with Crippen molar-refractivity contribution >= 4 is 27.8 Å². The minimum absolute atomic E-state index is 0.347. The van der Waals surface area contributed by atoms with Crippen LogP contribution in [0.2, 0.25) is 0 Å². The summed E-state index contributed by atoms with van der Waals surface area (Å²) in [5, 5.41) is 30.4. The molecule has 1 amide bonds. The molecule has 0 spiro atoms. The highest BCUT2D eigenvalue weighted by atomic mass is 32.2. The number of aromatic carboxylic acids is 1. The van der Waals surface area contributed by atoms with Crippen molar-refractivity contribution in [2.24, 2.45) is 0 Å². The summed E-state index contributed by atoms with van der Waals surface area (Å²) in [4.78, 5) is 25.8. The number of benzene rings is 1. The number of aromatic hydroxyl groups is 2. The average Bonchev–Trinajstić information content (AvgIpc) is 2.48. The summed E-state index contributed by atoms with van der Waals surface area (Å²) < 4.78 is 31.3. The highest BCUT2D eigenvalue weighted by molar-refractivity contribution is 7.86. The predicted octanol–water partition coefficient (Wildman–Crippen LogP) is 0.690. The molecule has 24 heavy (non-hydrogen) atoms. The van der Waals surface area contributed by atoms with Gasteiger partial charge in [-0.3, -0.25) is 9.35 Å². The minimum Gasteiger partial charge on any atom is -0.508 e. The number of carboxylic acid groups (broad SMARTS) is 1. The number of nitrogens with one attached hydrogen (secondary N) is 1. The highest BCUT2D eigenvalue weighted by Crippen LogP contribution is 2.31. The summed E-state index contributed by atoms with van der Waals surface area (Å²) in [5.41, 5.74) is -1.05. The Labute approximate surface area is 134 Å². The Hall–Kier alpha value is -3.18. The van der Waals surface area contributed by atoms with Crippen LogP contribution in [0.5, 0.6) is 11.5 Å². The molecule has 10 nitrogen and oxygen atoms in total. The minimum atomic E-state index is -4.91. The molecule has 0 aliphatic heterocycles. The van der Waals surface area contributed by atoms with E-state index in [1.54, 1.807) is 0 Å². The van der Waals surface area contributed by atoms with E-state index in [1.807, 2.05) is 0 Å². The number of amides is 1. The number of carboxylic acids is 1. The van der Waals surface area contributed by atoms with E-state index in [-0.39, 0.29) is 11.4 Å². The van der Waals surface area contributed by atoms with E-state index in [2.05, 4.69) is 10.3 Å². The second kappa shape index (κ2) is 6.14. The molecule has 1 heterocycles. The quantitative estimate of drug-likeness (QED) is 0.391. The first kappa shape index (κ1) is 17.2. The van der Waals surface area contributed by atoms with Gasteiger partial charge < -0.3 is 20.6 Å². The van der Waals surface area contributed by atoms with Crippen molar-refractivity contribution in [2.75, 3.05) is 5.32 Å². The lowest BCUT2D eigenvalue weighted by atomic mass is 10.1. The summed E-state index contributed by atoms with van der Waals surface area (Å²) >= 11 is 0. The van der Waals surface area contributed by atoms with Crippen molar-refractivity contribution < 1.29 is 37.9 Å². The van der Waals surface area contributed by atoms with Gasteiger partial charge in [0.05, 0.1) is 5.56 Å². The van der Waals surface area contributed by atoms with Crippen LogP contribution in [0.1, 0.15) is 20.7 Å². The van der Waals surface area contributed by atoms with Gasteiger partial charge in [-0.05, 0) is 18.2 Å². The van der Waals surface area contributed by atoms with Crippen LogP contribution in [0.25, 0.3) is 0 Å². The number of pyridine rings is 1. The fraction of sp³-hybridized carbons (Fsp3) is 0. The molecule has 0 atom stereocenters. The molecule has 1 aromatic heterocycles. The molecule has 5 N–H and O–H groups in total. The van der Waals surface area contributed by atoms with Crippen LogP contribution >= 0.6 is 0 Å². The standard InChI is InChI=1S/C13H10N2O8S/c16-6-4-8(10(17)9(5-6)24(21,22)23)12(18)15-11-7(13(19)20)2-1-3-14-11/h1-5,16-17H,(H,19,20)(H,14,15,18)(H,21,22,23). The maximum absolute atomic E-state index is 12.1. The van der Waals surface area contributed by atoms with E-state index in [0.29, 0.717) is 6.07 Å². The van der Waals surface area contributed by atoms with Crippen LogP contribution in [0.15, 0.2) is 35.4 Å². The van der Waals surface area contributed by atoms with E-state index < -0.39 is 44.0 Å². The van der Waals surface area contributed by atoms with Crippen molar-refractivity contribution in [2.45, 2.75) is 4.90 Å². The van der Waals surface area contributed by atoms with Gasteiger partial charge in [-0.15, -0.1) is 0 Å². The second-order valence-corrected chi connectivity index (χ2v) is 5.86. The van der Waals surface area contributed by atoms with Crippen LogP contribution in [-0.2, 0) is 10.1 Å². The van der Waals surface area contributed by atoms with Crippen molar-refractivity contribution in [1.82, 2.24) is 4.98 Å². The molecule has 0 unspecified atom stereocenters. The number of hydrogen-bond acceptors (Lipinski definition) is 7. The van der Waals surface area contributed by atoms with E-state index >= 15 is 0 Å². The third-order valence-corrected chi connectivity index (χ3v) is 3.72. The molecular weight excluding hydrogens is 344 g/mol. The Bertz CT molecular complexity index is 939. The van der Waals surface area contributed by atoms with Crippen molar-refractivity contribution in [3.63, 3.8) is 0 Å². The van der Waals surface area contributed by atoms with E-state index in [4.69, 9.17) is 9.66 Å². The largest absolute Gasteiger partial charge is 0.508 e. The average molecular weight is 354 g/mol. The number of nitrogens with zero attached hydrogens (tertiary/aromatic N) is 1. The Balaban J connectivity index is 2.49. The third-order valence-electron chi connectivity index (χ3n) is 2.85. The van der Waals surface area contributed by atoms with Crippen LogP contribution in [0, 0.1) is 0 Å². The Kier molecular flexibility index (Phi) is 4.39. The molecule has 0 radical (unpaired) electrons. The number of aromatic nitrogens is 1. The zero-order valence-corrected chi connectivity index (χ0v) is 12.5. The van der Waals surface area contributed by atoms with Gasteiger partial charge in [0.15, 0.2) is 0 Å². The summed E-state index contributed by atoms with van der Waals surface area (Å²) in [5.74, 6) is -4.71. The number of hydrogen-bond donors (Lipinski definition) is 5. The van der Waals surface area contributed by atoms with Crippen molar-refractivity contribution in [3.8, 4) is 11.5 Å². The first-order valence-electron chi connectivity index (χ1n) is 6.14. The number of anilines is 1. The lowest BCUT2D eigenvalue weighted by Gasteiger charge is -2.10. The molecule has 0 saturated carbocycles. The summed E-state index contributed by atoms with van der Waals surface area (Å²) in [6.45, 7) is 0. The van der Waals surface area contributed by atoms with Gasteiger partial charge in [0, 0.05) is 12.3 Å². The topological polar surface area (TPSA) is 174 Å². The molecule has 0 fully saturated rings. The Morgan fingerprint density at radius 1 is 1.12 bits per heavy atom. The van der Waals surface area contributed by atoms with Crippen LogP contribution in [0.4, 0.5) is 5.82 Å². The molecular formula is C13H10N2O8S. The van der Waals surface area contributed by atoms with Crippen molar-refractivity contribution in [1.29, 1.82) is 0 Å². The number of phenols is 2. The van der Waals surface area contributed by atoms with Gasteiger partial charge in [0.1, 0.15) is 27.8 Å². The van der Waals surface area contributed by atoms with Gasteiger partial charge in [-0.25, -0.2) is 9.78 Å².